The molecular formula is C11H13ClFNO2. The molecule has 1 aromatic rings. The molecule has 0 unspecified atom stereocenters. The van der Waals surface area contributed by atoms with Crippen molar-refractivity contribution in [2.45, 2.75) is 19.8 Å². The third kappa shape index (κ3) is 4.06. The second kappa shape index (κ2) is 6.33. The summed E-state index contributed by atoms with van der Waals surface area (Å²) in [5.41, 5.74) is 0.323. The monoisotopic (exact) mass is 245 g/mol. The van der Waals surface area contributed by atoms with Crippen LogP contribution in [0.1, 0.15) is 19.8 Å². The highest BCUT2D eigenvalue weighted by Gasteiger charge is 2.05. The molecule has 1 N–H and O–H groups in total. The predicted octanol–water partition coefficient (Wildman–Crippen LogP) is 3.83. The molecule has 1 amide bonds. The van der Waals surface area contributed by atoms with Crippen LogP contribution in [0.15, 0.2) is 18.2 Å². The number of unbranched alkanes of at least 4 members (excludes halogenated alkanes) is 1. The van der Waals surface area contributed by atoms with Gasteiger partial charge in [-0.2, -0.15) is 0 Å². The van der Waals surface area contributed by atoms with Crippen LogP contribution >= 0.6 is 11.6 Å². The van der Waals surface area contributed by atoms with Crippen LogP contribution in [0.5, 0.6) is 0 Å². The van der Waals surface area contributed by atoms with Gasteiger partial charge >= 0.3 is 6.09 Å². The first-order chi connectivity index (χ1) is 7.63. The smallest absolute Gasteiger partial charge is 0.411 e. The lowest BCUT2D eigenvalue weighted by Crippen LogP contribution is -2.14. The standard InChI is InChI=1S/C11H13ClFNO2/c1-2-3-6-16-11(15)14-8-4-5-9(12)10(13)7-8/h4-5,7H,2-3,6H2,1H3,(H,14,15). The van der Waals surface area contributed by atoms with Crippen LogP contribution in [-0.4, -0.2) is 12.7 Å². The van der Waals surface area contributed by atoms with Crippen molar-refractivity contribution in [2.24, 2.45) is 0 Å². The molecule has 1 rings (SSSR count). The number of carbonyl (C=O) groups excluding carboxylic acids is 1. The summed E-state index contributed by atoms with van der Waals surface area (Å²) in [6.45, 7) is 2.36. The van der Waals surface area contributed by atoms with E-state index >= 15 is 0 Å². The van der Waals surface area contributed by atoms with Crippen LogP contribution in [0, 0.1) is 5.82 Å². The van der Waals surface area contributed by atoms with Gasteiger partial charge < -0.3 is 4.74 Å². The van der Waals surface area contributed by atoms with Gasteiger partial charge in [-0.25, -0.2) is 9.18 Å². The van der Waals surface area contributed by atoms with Gasteiger partial charge in [-0.15, -0.1) is 0 Å². The summed E-state index contributed by atoms with van der Waals surface area (Å²) in [5.74, 6) is -0.576. The molecule has 0 saturated heterocycles. The Labute approximate surface area is 98.5 Å². The molecule has 0 radical (unpaired) electrons. The fourth-order valence-corrected chi connectivity index (χ4v) is 1.15. The van der Waals surface area contributed by atoms with Gasteiger partial charge in [0.25, 0.3) is 0 Å². The quantitative estimate of drug-likeness (QED) is 0.819. The van der Waals surface area contributed by atoms with Crippen LogP contribution in [0.2, 0.25) is 5.02 Å². The molecule has 16 heavy (non-hydrogen) atoms. The minimum absolute atomic E-state index is 0.0184. The number of benzene rings is 1. The minimum Gasteiger partial charge on any atom is -0.449 e. The van der Waals surface area contributed by atoms with Crippen LogP contribution in [0.4, 0.5) is 14.9 Å². The Morgan fingerprint density at radius 1 is 1.56 bits per heavy atom. The number of amides is 1. The van der Waals surface area contributed by atoms with Crippen molar-refractivity contribution in [2.75, 3.05) is 11.9 Å². The summed E-state index contributed by atoms with van der Waals surface area (Å²) in [6.07, 6.45) is 1.17. The van der Waals surface area contributed by atoms with E-state index in [1.807, 2.05) is 6.92 Å². The average Bonchev–Trinajstić information content (AvgIpc) is 2.24. The maximum Gasteiger partial charge on any atom is 0.411 e. The van der Waals surface area contributed by atoms with Crippen molar-refractivity contribution in [1.82, 2.24) is 0 Å². The topological polar surface area (TPSA) is 38.3 Å². The Kier molecular flexibility index (Phi) is 5.05. The average molecular weight is 246 g/mol. The van der Waals surface area contributed by atoms with Crippen molar-refractivity contribution >= 4 is 23.4 Å². The zero-order chi connectivity index (χ0) is 12.0. The molecule has 0 saturated carbocycles. The summed E-state index contributed by atoms with van der Waals surface area (Å²) < 4.78 is 17.9. The van der Waals surface area contributed by atoms with E-state index in [9.17, 15) is 9.18 Å². The van der Waals surface area contributed by atoms with E-state index in [1.54, 1.807) is 0 Å². The number of hydrogen-bond acceptors (Lipinski definition) is 2. The van der Waals surface area contributed by atoms with Crippen LogP contribution in [-0.2, 0) is 4.74 Å². The molecule has 0 aliphatic rings. The molecule has 0 aromatic heterocycles. The fraction of sp³-hybridized carbons (Fsp3) is 0.364. The van der Waals surface area contributed by atoms with Gasteiger partial charge in [0.1, 0.15) is 5.82 Å². The molecule has 3 nitrogen and oxygen atoms in total. The first kappa shape index (κ1) is 12.8. The molecule has 0 atom stereocenters. The van der Waals surface area contributed by atoms with Gasteiger partial charge in [0.05, 0.1) is 11.6 Å². The maximum atomic E-state index is 13.0. The van der Waals surface area contributed by atoms with Crippen molar-refractivity contribution < 1.29 is 13.9 Å². The third-order valence-corrected chi connectivity index (χ3v) is 2.20. The molecular weight excluding hydrogens is 233 g/mol. The number of carbonyl (C=O) groups is 1. The van der Waals surface area contributed by atoms with Crippen LogP contribution in [0.25, 0.3) is 0 Å². The molecule has 1 aromatic carbocycles. The number of halogens is 2. The second-order valence-corrected chi connectivity index (χ2v) is 3.65. The zero-order valence-electron chi connectivity index (χ0n) is 8.93. The molecule has 0 spiro atoms. The number of ether oxygens (including phenoxy) is 1. The molecule has 0 aliphatic carbocycles. The summed E-state index contributed by atoms with van der Waals surface area (Å²) in [6, 6.07) is 4.02. The van der Waals surface area contributed by atoms with Crippen molar-refractivity contribution in [3.8, 4) is 0 Å². The van der Waals surface area contributed by atoms with Gasteiger partial charge in [-0.05, 0) is 24.6 Å². The van der Waals surface area contributed by atoms with E-state index in [0.29, 0.717) is 12.3 Å². The molecule has 0 aliphatic heterocycles. The van der Waals surface area contributed by atoms with E-state index in [0.717, 1.165) is 18.9 Å². The summed E-state index contributed by atoms with van der Waals surface area (Å²) in [5, 5.41) is 2.43. The van der Waals surface area contributed by atoms with E-state index < -0.39 is 11.9 Å². The van der Waals surface area contributed by atoms with Crippen LogP contribution in [0.3, 0.4) is 0 Å². The van der Waals surface area contributed by atoms with Gasteiger partial charge in [0, 0.05) is 5.69 Å². The van der Waals surface area contributed by atoms with E-state index in [2.05, 4.69) is 5.32 Å². The highest BCUT2D eigenvalue weighted by molar-refractivity contribution is 6.30. The lowest BCUT2D eigenvalue weighted by atomic mass is 10.3. The number of nitrogens with one attached hydrogen (secondary N) is 1. The zero-order valence-corrected chi connectivity index (χ0v) is 9.68. The van der Waals surface area contributed by atoms with Crippen molar-refractivity contribution in [3.05, 3.63) is 29.0 Å². The first-order valence-electron chi connectivity index (χ1n) is 5.02. The lowest BCUT2D eigenvalue weighted by molar-refractivity contribution is 0.160. The maximum absolute atomic E-state index is 13.0. The minimum atomic E-state index is -0.588. The molecule has 0 heterocycles. The lowest BCUT2D eigenvalue weighted by Gasteiger charge is -2.06. The Hall–Kier alpha value is -1.29. The van der Waals surface area contributed by atoms with Gasteiger partial charge in [-0.1, -0.05) is 24.9 Å². The Morgan fingerprint density at radius 2 is 2.31 bits per heavy atom. The SMILES string of the molecule is CCCCOC(=O)Nc1ccc(Cl)c(F)c1. The molecule has 88 valence electrons. The van der Waals surface area contributed by atoms with Gasteiger partial charge in [0.15, 0.2) is 0 Å². The number of rotatable bonds is 4. The summed E-state index contributed by atoms with van der Waals surface area (Å²) in [4.78, 5) is 11.2. The largest absolute Gasteiger partial charge is 0.449 e. The normalized spacial score (nSPS) is 9.94. The Balaban J connectivity index is 2.46. The number of anilines is 1. The molecule has 0 fully saturated rings. The van der Waals surface area contributed by atoms with E-state index in [4.69, 9.17) is 16.3 Å². The van der Waals surface area contributed by atoms with Crippen molar-refractivity contribution in [3.63, 3.8) is 0 Å². The molecule has 5 heteroatoms. The van der Waals surface area contributed by atoms with E-state index in [1.165, 1.54) is 12.1 Å². The highest BCUT2D eigenvalue weighted by atomic mass is 35.5. The number of hydrogen-bond donors (Lipinski definition) is 1. The Morgan fingerprint density at radius 3 is 2.94 bits per heavy atom. The second-order valence-electron chi connectivity index (χ2n) is 3.24. The van der Waals surface area contributed by atoms with Crippen LogP contribution < -0.4 is 5.32 Å². The van der Waals surface area contributed by atoms with Gasteiger partial charge in [-0.3, -0.25) is 5.32 Å². The first-order valence-corrected chi connectivity index (χ1v) is 5.40. The summed E-state index contributed by atoms with van der Waals surface area (Å²) >= 11 is 5.50. The predicted molar refractivity (Wildman–Crippen MR) is 61.3 cm³/mol. The summed E-state index contributed by atoms with van der Waals surface area (Å²) in [7, 11) is 0. The Bertz CT molecular complexity index is 371. The third-order valence-electron chi connectivity index (χ3n) is 1.90. The fourth-order valence-electron chi connectivity index (χ4n) is 1.04. The van der Waals surface area contributed by atoms with Gasteiger partial charge in [0.2, 0.25) is 0 Å². The molecule has 0 bridgehead atoms. The van der Waals surface area contributed by atoms with Crippen molar-refractivity contribution in [1.29, 1.82) is 0 Å². The van der Waals surface area contributed by atoms with E-state index in [-0.39, 0.29) is 5.02 Å². The highest BCUT2D eigenvalue weighted by Crippen LogP contribution is 2.18.